The fraction of sp³-hybridized carbons (Fsp3) is 0.400. The van der Waals surface area contributed by atoms with Gasteiger partial charge in [0.1, 0.15) is 12.6 Å². The zero-order valence-corrected chi connectivity index (χ0v) is 18.5. The highest BCUT2D eigenvalue weighted by Gasteiger charge is 2.43. The normalized spacial score (nSPS) is 19.1. The first-order valence-electron chi connectivity index (χ1n) is 10.9. The second-order valence-corrected chi connectivity index (χ2v) is 8.22. The van der Waals surface area contributed by atoms with Crippen LogP contribution in [-0.2, 0) is 32.0 Å². The number of carboxylic acids is 1. The zero-order valence-electron chi connectivity index (χ0n) is 18.5. The van der Waals surface area contributed by atoms with E-state index in [1.54, 1.807) is 26.0 Å². The second kappa shape index (κ2) is 10.4. The molecule has 2 atom stereocenters. The Labute approximate surface area is 188 Å². The third-order valence-corrected chi connectivity index (χ3v) is 5.82. The van der Waals surface area contributed by atoms with Gasteiger partial charge in [0, 0.05) is 5.69 Å². The Morgan fingerprint density at radius 3 is 2.53 bits per heavy atom. The van der Waals surface area contributed by atoms with Gasteiger partial charge in [0.05, 0.1) is 12.1 Å². The summed E-state index contributed by atoms with van der Waals surface area (Å²) in [6.45, 7) is 3.28. The van der Waals surface area contributed by atoms with Crippen LogP contribution >= 0.6 is 0 Å². The number of aryl methyl sites for hydroxylation is 2. The van der Waals surface area contributed by atoms with E-state index in [-0.39, 0.29) is 12.5 Å². The number of nitrogens with zero attached hydrogens (tertiary/aromatic N) is 1. The molecule has 2 N–H and O–H groups in total. The van der Waals surface area contributed by atoms with Crippen LogP contribution < -0.4 is 10.2 Å². The summed E-state index contributed by atoms with van der Waals surface area (Å²) in [5, 5.41) is 12.7. The predicted molar refractivity (Wildman–Crippen MR) is 121 cm³/mol. The van der Waals surface area contributed by atoms with E-state index < -0.39 is 30.1 Å². The quantitative estimate of drug-likeness (QED) is 0.585. The average Bonchev–Trinajstić information content (AvgIpc) is 2.88. The molecule has 2 aromatic carbocycles. The largest absolute Gasteiger partial charge is 0.480 e. The van der Waals surface area contributed by atoms with Gasteiger partial charge in [-0.3, -0.25) is 24.6 Å². The molecule has 0 spiro atoms. The monoisotopic (exact) mass is 438 g/mol. The summed E-state index contributed by atoms with van der Waals surface area (Å²) in [7, 11) is 0. The van der Waals surface area contributed by atoms with Crippen LogP contribution in [0.25, 0.3) is 0 Å². The molecule has 2 aromatic rings. The molecule has 0 fully saturated rings. The number of anilines is 1. The van der Waals surface area contributed by atoms with Gasteiger partial charge in [-0.15, -0.1) is 0 Å². The van der Waals surface area contributed by atoms with Gasteiger partial charge < -0.3 is 9.84 Å². The summed E-state index contributed by atoms with van der Waals surface area (Å²) < 4.78 is 5.28. The van der Waals surface area contributed by atoms with Crippen LogP contribution in [0.2, 0.25) is 0 Å². The van der Waals surface area contributed by atoms with Gasteiger partial charge >= 0.3 is 11.9 Å². The number of fused-ring (bicyclic) bond motifs is 1. The number of carbonyl (C=O) groups is 3. The van der Waals surface area contributed by atoms with Crippen LogP contribution in [0.3, 0.4) is 0 Å². The summed E-state index contributed by atoms with van der Waals surface area (Å²) in [5.74, 6) is -1.87. The molecule has 0 bridgehead atoms. The molecule has 170 valence electrons. The number of nitrogens with one attached hydrogen (secondary N) is 1. The third-order valence-electron chi connectivity index (χ3n) is 5.82. The van der Waals surface area contributed by atoms with Crippen molar-refractivity contribution in [2.24, 2.45) is 0 Å². The molecule has 3 rings (SSSR count). The lowest BCUT2D eigenvalue weighted by atomic mass is 9.91. The molecule has 0 unspecified atom stereocenters. The van der Waals surface area contributed by atoms with Gasteiger partial charge in [-0.2, -0.15) is 0 Å². The molecule has 7 heteroatoms. The molecule has 0 radical (unpaired) electrons. The van der Waals surface area contributed by atoms with E-state index in [2.05, 4.69) is 5.32 Å². The number of amides is 1. The maximum atomic E-state index is 13.6. The minimum absolute atomic E-state index is 0.240. The Morgan fingerprint density at radius 2 is 1.84 bits per heavy atom. The van der Waals surface area contributed by atoms with E-state index in [9.17, 15) is 19.5 Å². The van der Waals surface area contributed by atoms with Crippen LogP contribution in [0.4, 0.5) is 5.69 Å². The van der Waals surface area contributed by atoms with E-state index in [1.807, 2.05) is 42.5 Å². The molecular weight excluding hydrogens is 408 g/mol. The standard InChI is InChI=1S/C25H30N2O5/c1-3-32-23(30)20(14-13-18-9-5-4-6-10-18)26-25(2)16-15-19-11-7-8-12-21(19)27(24(25)31)17-22(28)29/h4-12,20,26H,3,13-17H2,1-2H3,(H,28,29)/t20-,25-/m0/s1. The zero-order chi connectivity index (χ0) is 23.1. The lowest BCUT2D eigenvalue weighted by Gasteiger charge is -2.35. The van der Waals surface area contributed by atoms with Crippen molar-refractivity contribution in [1.29, 1.82) is 0 Å². The van der Waals surface area contributed by atoms with Gasteiger partial charge in [-0.05, 0) is 56.7 Å². The Bertz CT molecular complexity index is 962. The van der Waals surface area contributed by atoms with Crippen molar-refractivity contribution in [3.63, 3.8) is 0 Å². The first kappa shape index (κ1) is 23.5. The maximum Gasteiger partial charge on any atom is 0.323 e. The van der Waals surface area contributed by atoms with E-state index >= 15 is 0 Å². The van der Waals surface area contributed by atoms with E-state index in [0.717, 1.165) is 11.1 Å². The summed E-state index contributed by atoms with van der Waals surface area (Å²) in [4.78, 5) is 39.2. The SMILES string of the molecule is CCOC(=O)[C@H](CCc1ccccc1)N[C@@]1(C)CCc2ccccc2N(CC(=O)O)C1=O. The number of hydrogen-bond donors (Lipinski definition) is 2. The summed E-state index contributed by atoms with van der Waals surface area (Å²) in [6, 6.07) is 16.4. The van der Waals surface area contributed by atoms with Crippen LogP contribution in [0.15, 0.2) is 54.6 Å². The fourth-order valence-corrected chi connectivity index (χ4v) is 4.14. The lowest BCUT2D eigenvalue weighted by molar-refractivity contribution is -0.147. The van der Waals surface area contributed by atoms with Crippen molar-refractivity contribution in [1.82, 2.24) is 5.32 Å². The molecule has 0 aromatic heterocycles. The first-order chi connectivity index (χ1) is 15.3. The molecule has 7 nitrogen and oxygen atoms in total. The molecule has 1 aliphatic heterocycles. The first-order valence-corrected chi connectivity index (χ1v) is 10.9. The number of benzene rings is 2. The minimum Gasteiger partial charge on any atom is -0.480 e. The molecular formula is C25H30N2O5. The summed E-state index contributed by atoms with van der Waals surface area (Å²) >= 11 is 0. The Balaban J connectivity index is 1.87. The molecule has 1 amide bonds. The maximum absolute atomic E-state index is 13.6. The topological polar surface area (TPSA) is 95.9 Å². The molecule has 32 heavy (non-hydrogen) atoms. The van der Waals surface area contributed by atoms with Crippen LogP contribution in [0.1, 0.15) is 37.8 Å². The van der Waals surface area contributed by atoms with E-state index in [1.165, 1.54) is 4.90 Å². The molecule has 0 saturated carbocycles. The minimum atomic E-state index is -1.12. The summed E-state index contributed by atoms with van der Waals surface area (Å²) in [5.41, 5.74) is 1.47. The van der Waals surface area contributed by atoms with Gasteiger partial charge in [0.25, 0.3) is 0 Å². The fourth-order valence-electron chi connectivity index (χ4n) is 4.14. The molecule has 0 aliphatic carbocycles. The molecule has 1 heterocycles. The van der Waals surface area contributed by atoms with Crippen LogP contribution in [0, 0.1) is 0 Å². The van der Waals surface area contributed by atoms with Crippen molar-refractivity contribution in [2.45, 2.75) is 51.1 Å². The number of para-hydroxylation sites is 1. The van der Waals surface area contributed by atoms with Crippen molar-refractivity contribution in [3.05, 3.63) is 65.7 Å². The highest BCUT2D eigenvalue weighted by molar-refractivity contribution is 6.04. The lowest BCUT2D eigenvalue weighted by Crippen LogP contribution is -2.61. The van der Waals surface area contributed by atoms with Crippen molar-refractivity contribution >= 4 is 23.5 Å². The second-order valence-electron chi connectivity index (χ2n) is 8.22. The van der Waals surface area contributed by atoms with Crippen molar-refractivity contribution in [3.8, 4) is 0 Å². The average molecular weight is 439 g/mol. The number of carboxylic acid groups (broad SMARTS) is 1. The van der Waals surface area contributed by atoms with E-state index in [4.69, 9.17) is 4.74 Å². The Hall–Kier alpha value is -3.19. The summed E-state index contributed by atoms with van der Waals surface area (Å²) in [6.07, 6.45) is 2.11. The number of aliphatic carboxylic acids is 1. The number of hydrogen-bond acceptors (Lipinski definition) is 5. The molecule has 1 aliphatic rings. The van der Waals surface area contributed by atoms with Crippen LogP contribution in [0.5, 0.6) is 0 Å². The molecule has 0 saturated heterocycles. The van der Waals surface area contributed by atoms with Gasteiger partial charge in [-0.25, -0.2) is 0 Å². The number of esters is 1. The van der Waals surface area contributed by atoms with Crippen molar-refractivity contribution < 1.29 is 24.2 Å². The van der Waals surface area contributed by atoms with Gasteiger partial charge in [-0.1, -0.05) is 48.5 Å². The third kappa shape index (κ3) is 5.53. The smallest absolute Gasteiger partial charge is 0.323 e. The number of carbonyl (C=O) groups excluding carboxylic acids is 2. The predicted octanol–water partition coefficient (Wildman–Crippen LogP) is 2.96. The van der Waals surface area contributed by atoms with E-state index in [0.29, 0.717) is 31.4 Å². The van der Waals surface area contributed by atoms with Crippen molar-refractivity contribution in [2.75, 3.05) is 18.1 Å². The Kier molecular flexibility index (Phi) is 7.64. The number of rotatable bonds is 9. The number of ether oxygens (including phenoxy) is 1. The highest BCUT2D eigenvalue weighted by Crippen LogP contribution is 2.31. The van der Waals surface area contributed by atoms with Gasteiger partial charge in [0.2, 0.25) is 5.91 Å². The van der Waals surface area contributed by atoms with Crippen LogP contribution in [-0.4, -0.2) is 47.7 Å². The Morgan fingerprint density at radius 1 is 1.16 bits per heavy atom. The van der Waals surface area contributed by atoms with Gasteiger partial charge in [0.15, 0.2) is 0 Å². The highest BCUT2D eigenvalue weighted by atomic mass is 16.5.